The van der Waals surface area contributed by atoms with Crippen molar-refractivity contribution in [3.05, 3.63) is 35.9 Å². The average Bonchev–Trinajstić information content (AvgIpc) is 2.26. The Labute approximate surface area is 91.3 Å². The summed E-state index contributed by atoms with van der Waals surface area (Å²) in [6, 6.07) is 9.11. The van der Waals surface area contributed by atoms with Gasteiger partial charge in [0, 0.05) is 0 Å². The van der Waals surface area contributed by atoms with Crippen molar-refractivity contribution in [2.24, 2.45) is 5.92 Å². The van der Waals surface area contributed by atoms with Crippen LogP contribution in [0, 0.1) is 5.92 Å². The van der Waals surface area contributed by atoms with Crippen LogP contribution < -0.4 is 0 Å². The van der Waals surface area contributed by atoms with Crippen LogP contribution in [0.3, 0.4) is 0 Å². The minimum atomic E-state index is -0.226. The van der Waals surface area contributed by atoms with Crippen molar-refractivity contribution < 1.29 is 9.53 Å². The Morgan fingerprint density at radius 1 is 1.27 bits per heavy atom. The molecule has 1 rings (SSSR count). The van der Waals surface area contributed by atoms with Gasteiger partial charge in [0.1, 0.15) is 6.10 Å². The lowest BCUT2D eigenvalue weighted by molar-refractivity contribution is 0.0173. The molecule has 1 aromatic rings. The fourth-order valence-corrected chi connectivity index (χ4v) is 1.47. The van der Waals surface area contributed by atoms with Gasteiger partial charge in [-0.3, -0.25) is 0 Å². The van der Waals surface area contributed by atoms with Crippen LogP contribution in [0.15, 0.2) is 30.3 Å². The lowest BCUT2D eigenvalue weighted by Crippen LogP contribution is -2.22. The molecule has 0 fully saturated rings. The maximum atomic E-state index is 11.7. The average molecular weight is 206 g/mol. The molecule has 1 unspecified atom stereocenters. The topological polar surface area (TPSA) is 26.3 Å². The van der Waals surface area contributed by atoms with E-state index in [0.717, 1.165) is 6.42 Å². The van der Waals surface area contributed by atoms with E-state index in [1.165, 1.54) is 0 Å². The molecule has 0 aliphatic carbocycles. The van der Waals surface area contributed by atoms with Crippen LogP contribution in [0.4, 0.5) is 0 Å². The van der Waals surface area contributed by atoms with Gasteiger partial charge in [-0.05, 0) is 24.5 Å². The molecule has 2 nitrogen and oxygen atoms in total. The van der Waals surface area contributed by atoms with Crippen LogP contribution in [0.2, 0.25) is 0 Å². The van der Waals surface area contributed by atoms with E-state index in [1.807, 2.05) is 25.1 Å². The molecule has 0 saturated heterocycles. The third kappa shape index (κ3) is 3.39. The predicted octanol–water partition coefficient (Wildman–Crippen LogP) is 3.28. The minimum absolute atomic E-state index is 0.0118. The van der Waals surface area contributed by atoms with E-state index in [-0.39, 0.29) is 12.1 Å². The monoisotopic (exact) mass is 206 g/mol. The molecule has 0 aromatic heterocycles. The number of hydrogen-bond donors (Lipinski definition) is 0. The second-order valence-electron chi connectivity index (χ2n) is 3.96. The first kappa shape index (κ1) is 11.8. The van der Waals surface area contributed by atoms with Gasteiger partial charge in [0.15, 0.2) is 0 Å². The minimum Gasteiger partial charge on any atom is -0.459 e. The molecule has 0 saturated carbocycles. The normalized spacial score (nSPS) is 12.5. The lowest BCUT2D eigenvalue weighted by Gasteiger charge is -2.19. The molecule has 0 heterocycles. The highest BCUT2D eigenvalue weighted by Gasteiger charge is 2.16. The lowest BCUT2D eigenvalue weighted by atomic mass is 10.1. The highest BCUT2D eigenvalue weighted by atomic mass is 16.5. The highest BCUT2D eigenvalue weighted by Crippen LogP contribution is 2.13. The smallest absolute Gasteiger partial charge is 0.338 e. The van der Waals surface area contributed by atoms with E-state index < -0.39 is 0 Å². The maximum Gasteiger partial charge on any atom is 0.338 e. The molecule has 0 aliphatic rings. The molecule has 1 aromatic carbocycles. The Kier molecular flexibility index (Phi) is 4.35. The highest BCUT2D eigenvalue weighted by molar-refractivity contribution is 5.89. The Hall–Kier alpha value is -1.31. The fraction of sp³-hybridized carbons (Fsp3) is 0.462. The van der Waals surface area contributed by atoms with Crippen molar-refractivity contribution in [1.29, 1.82) is 0 Å². The van der Waals surface area contributed by atoms with Crippen LogP contribution in [0.5, 0.6) is 0 Å². The SMILES string of the molecule is CCC(OC(=O)c1ccccc1)C(C)C. The zero-order valence-electron chi connectivity index (χ0n) is 9.57. The van der Waals surface area contributed by atoms with Crippen molar-refractivity contribution in [3.8, 4) is 0 Å². The summed E-state index contributed by atoms with van der Waals surface area (Å²) in [4.78, 5) is 11.7. The summed E-state index contributed by atoms with van der Waals surface area (Å²) < 4.78 is 5.41. The molecule has 0 spiro atoms. The van der Waals surface area contributed by atoms with Crippen molar-refractivity contribution in [2.45, 2.75) is 33.3 Å². The summed E-state index contributed by atoms with van der Waals surface area (Å²) in [6.45, 7) is 6.15. The van der Waals surface area contributed by atoms with Crippen molar-refractivity contribution in [1.82, 2.24) is 0 Å². The number of ether oxygens (including phenoxy) is 1. The quantitative estimate of drug-likeness (QED) is 0.707. The molecule has 15 heavy (non-hydrogen) atoms. The van der Waals surface area contributed by atoms with E-state index in [9.17, 15) is 4.79 Å². The molecule has 2 heteroatoms. The summed E-state index contributed by atoms with van der Waals surface area (Å²) in [5, 5.41) is 0. The Morgan fingerprint density at radius 2 is 1.87 bits per heavy atom. The Balaban J connectivity index is 2.63. The van der Waals surface area contributed by atoms with Crippen LogP contribution in [-0.4, -0.2) is 12.1 Å². The van der Waals surface area contributed by atoms with Gasteiger partial charge in [0.2, 0.25) is 0 Å². The van der Waals surface area contributed by atoms with E-state index >= 15 is 0 Å². The number of benzene rings is 1. The third-order valence-electron chi connectivity index (χ3n) is 2.41. The van der Waals surface area contributed by atoms with Gasteiger partial charge in [0.25, 0.3) is 0 Å². The number of carbonyl (C=O) groups excluding carboxylic acids is 1. The molecule has 82 valence electrons. The van der Waals surface area contributed by atoms with E-state index in [4.69, 9.17) is 4.74 Å². The van der Waals surface area contributed by atoms with Crippen LogP contribution >= 0.6 is 0 Å². The zero-order valence-corrected chi connectivity index (χ0v) is 9.57. The number of esters is 1. The molecule has 0 bridgehead atoms. The fourth-order valence-electron chi connectivity index (χ4n) is 1.47. The van der Waals surface area contributed by atoms with Crippen LogP contribution in [-0.2, 0) is 4.74 Å². The van der Waals surface area contributed by atoms with Crippen LogP contribution in [0.1, 0.15) is 37.6 Å². The Morgan fingerprint density at radius 3 is 2.33 bits per heavy atom. The van der Waals surface area contributed by atoms with Gasteiger partial charge < -0.3 is 4.74 Å². The van der Waals surface area contributed by atoms with Gasteiger partial charge in [-0.1, -0.05) is 39.0 Å². The number of carbonyl (C=O) groups is 1. The molecular formula is C13H18O2. The first-order chi connectivity index (χ1) is 7.15. The summed E-state index contributed by atoms with van der Waals surface area (Å²) in [7, 11) is 0. The third-order valence-corrected chi connectivity index (χ3v) is 2.41. The summed E-state index contributed by atoms with van der Waals surface area (Å²) in [6.07, 6.45) is 0.869. The van der Waals surface area contributed by atoms with Crippen molar-refractivity contribution >= 4 is 5.97 Å². The van der Waals surface area contributed by atoms with Gasteiger partial charge in [0.05, 0.1) is 5.56 Å². The van der Waals surface area contributed by atoms with Gasteiger partial charge in [-0.2, -0.15) is 0 Å². The van der Waals surface area contributed by atoms with Gasteiger partial charge in [-0.25, -0.2) is 4.79 Å². The molecule has 0 radical (unpaired) electrons. The van der Waals surface area contributed by atoms with E-state index in [1.54, 1.807) is 12.1 Å². The molecular weight excluding hydrogens is 188 g/mol. The number of hydrogen-bond acceptors (Lipinski definition) is 2. The first-order valence-corrected chi connectivity index (χ1v) is 5.41. The van der Waals surface area contributed by atoms with E-state index in [2.05, 4.69) is 13.8 Å². The first-order valence-electron chi connectivity index (χ1n) is 5.41. The molecule has 0 N–H and O–H groups in total. The summed E-state index contributed by atoms with van der Waals surface area (Å²) >= 11 is 0. The predicted molar refractivity (Wildman–Crippen MR) is 60.8 cm³/mol. The standard InChI is InChI=1S/C13H18O2/c1-4-12(10(2)3)15-13(14)11-8-6-5-7-9-11/h5-10,12H,4H2,1-3H3. The van der Waals surface area contributed by atoms with Gasteiger partial charge in [-0.15, -0.1) is 0 Å². The maximum absolute atomic E-state index is 11.7. The number of rotatable bonds is 4. The summed E-state index contributed by atoms with van der Waals surface area (Å²) in [5.41, 5.74) is 0.622. The molecule has 1 atom stereocenters. The molecule has 0 aliphatic heterocycles. The molecule has 0 amide bonds. The largest absolute Gasteiger partial charge is 0.459 e. The van der Waals surface area contributed by atoms with Gasteiger partial charge >= 0.3 is 5.97 Å². The van der Waals surface area contributed by atoms with Crippen LogP contribution in [0.25, 0.3) is 0 Å². The van der Waals surface area contributed by atoms with Crippen molar-refractivity contribution in [3.63, 3.8) is 0 Å². The second kappa shape index (κ2) is 5.54. The van der Waals surface area contributed by atoms with Crippen molar-refractivity contribution in [2.75, 3.05) is 0 Å². The van der Waals surface area contributed by atoms with E-state index in [0.29, 0.717) is 11.5 Å². The zero-order chi connectivity index (χ0) is 11.3. The summed E-state index contributed by atoms with van der Waals surface area (Å²) in [5.74, 6) is 0.138. The Bertz CT molecular complexity index is 304. The second-order valence-corrected chi connectivity index (χ2v) is 3.96.